The monoisotopic (exact) mass is 424 g/mol. The number of ether oxygens (including phenoxy) is 1. The second kappa shape index (κ2) is 7.76. The van der Waals surface area contributed by atoms with E-state index in [1.54, 1.807) is 6.92 Å². The summed E-state index contributed by atoms with van der Waals surface area (Å²) in [6.07, 6.45) is -3.34. The van der Waals surface area contributed by atoms with Gasteiger partial charge in [-0.2, -0.15) is 23.4 Å². The Labute approximate surface area is 168 Å². The van der Waals surface area contributed by atoms with E-state index in [0.717, 1.165) is 10.7 Å². The lowest BCUT2D eigenvalue weighted by atomic mass is 10.1. The van der Waals surface area contributed by atoms with Crippen molar-refractivity contribution < 1.29 is 27.5 Å². The number of carbonyl (C=O) groups excluding carboxylic acids is 2. The quantitative estimate of drug-likeness (QED) is 0.632. The fraction of sp³-hybridized carbons (Fsp3) is 0.389. The van der Waals surface area contributed by atoms with E-state index >= 15 is 0 Å². The summed E-state index contributed by atoms with van der Waals surface area (Å²) in [5.74, 6) is -1.18. The summed E-state index contributed by atoms with van der Waals surface area (Å²) in [7, 11) is 1.52. The van der Waals surface area contributed by atoms with Gasteiger partial charge in [-0.25, -0.2) is 14.5 Å². The van der Waals surface area contributed by atoms with Crippen LogP contribution in [0.2, 0.25) is 0 Å². The molecule has 0 spiro atoms. The summed E-state index contributed by atoms with van der Waals surface area (Å²) in [5, 5.41) is 10.4. The topological polar surface area (TPSA) is 104 Å². The Bertz CT molecular complexity index is 1130. The lowest BCUT2D eigenvalue weighted by molar-refractivity contribution is -0.136. The van der Waals surface area contributed by atoms with Gasteiger partial charge in [-0.1, -0.05) is 0 Å². The number of hydrogen-bond donors (Lipinski definition) is 1. The number of nitrogens with one attached hydrogen (secondary N) is 1. The number of carbonyl (C=O) groups is 2. The van der Waals surface area contributed by atoms with Gasteiger partial charge < -0.3 is 10.1 Å². The van der Waals surface area contributed by atoms with E-state index in [2.05, 4.69) is 20.5 Å². The van der Waals surface area contributed by atoms with Gasteiger partial charge in [-0.15, -0.1) is 0 Å². The number of aromatic nitrogens is 5. The summed E-state index contributed by atoms with van der Waals surface area (Å²) in [6.45, 7) is 4.23. The van der Waals surface area contributed by atoms with E-state index in [-0.39, 0.29) is 40.4 Å². The highest BCUT2D eigenvalue weighted by atomic mass is 19.4. The summed E-state index contributed by atoms with van der Waals surface area (Å²) in [6, 6.07) is 0.947. The predicted octanol–water partition coefficient (Wildman–Crippen LogP) is 2.62. The molecule has 0 saturated heterocycles. The van der Waals surface area contributed by atoms with Crippen LogP contribution in [-0.4, -0.2) is 43.0 Å². The average Bonchev–Trinajstić information content (AvgIpc) is 3.14. The second-order valence-corrected chi connectivity index (χ2v) is 6.55. The molecule has 0 fully saturated rings. The van der Waals surface area contributed by atoms with E-state index in [1.807, 2.05) is 0 Å². The predicted molar refractivity (Wildman–Crippen MR) is 99.8 cm³/mol. The van der Waals surface area contributed by atoms with Crippen molar-refractivity contribution in [3.63, 3.8) is 0 Å². The molecule has 0 aromatic carbocycles. The number of anilines is 1. The molecule has 0 unspecified atom stereocenters. The number of pyridine rings is 1. The highest BCUT2D eigenvalue weighted by Crippen LogP contribution is 2.36. The first-order valence-corrected chi connectivity index (χ1v) is 8.93. The molecular weight excluding hydrogens is 405 g/mol. The minimum atomic E-state index is -4.59. The van der Waals surface area contributed by atoms with Gasteiger partial charge >= 0.3 is 12.1 Å². The van der Waals surface area contributed by atoms with Crippen molar-refractivity contribution >= 4 is 28.7 Å². The van der Waals surface area contributed by atoms with Gasteiger partial charge in [0, 0.05) is 12.7 Å². The molecule has 0 aliphatic rings. The Balaban J connectivity index is 1.93. The Kier molecular flexibility index (Phi) is 5.51. The van der Waals surface area contributed by atoms with Crippen LogP contribution < -0.4 is 5.32 Å². The van der Waals surface area contributed by atoms with Gasteiger partial charge in [0.15, 0.2) is 5.65 Å². The molecule has 30 heavy (non-hydrogen) atoms. The summed E-state index contributed by atoms with van der Waals surface area (Å²) < 4.78 is 47.6. The molecule has 9 nitrogen and oxygen atoms in total. The molecular formula is C18H19F3N6O3. The standard InChI is InChI=1S/C18H19F3N6O3/c1-5-30-17(29)11-7-22-26(4)15(11)24-13(28)8-27-16-14(10(3)25-27)12(18(19,20)21)6-9(2)23-16/h6-7H,5,8H2,1-4H3,(H,24,28). The number of fused-ring (bicyclic) bond motifs is 1. The lowest BCUT2D eigenvalue weighted by Crippen LogP contribution is -2.23. The molecule has 0 saturated carbocycles. The molecule has 0 radical (unpaired) electrons. The fourth-order valence-corrected chi connectivity index (χ4v) is 3.06. The first-order chi connectivity index (χ1) is 14.0. The van der Waals surface area contributed by atoms with Gasteiger partial charge in [-0.3, -0.25) is 9.48 Å². The Morgan fingerprint density at radius 3 is 2.60 bits per heavy atom. The number of alkyl halides is 3. The molecule has 12 heteroatoms. The number of aryl methyl sites for hydroxylation is 3. The van der Waals surface area contributed by atoms with Crippen molar-refractivity contribution in [2.75, 3.05) is 11.9 Å². The normalized spacial score (nSPS) is 11.7. The van der Waals surface area contributed by atoms with Gasteiger partial charge in [0.25, 0.3) is 0 Å². The third-order valence-electron chi connectivity index (χ3n) is 4.30. The Hall–Kier alpha value is -3.44. The van der Waals surface area contributed by atoms with Crippen LogP contribution in [-0.2, 0) is 29.3 Å². The molecule has 3 rings (SSSR count). The third kappa shape index (κ3) is 3.98. The van der Waals surface area contributed by atoms with Gasteiger partial charge in [0.05, 0.1) is 29.4 Å². The number of amides is 1. The molecule has 1 amide bonds. The largest absolute Gasteiger partial charge is 0.462 e. The maximum Gasteiger partial charge on any atom is 0.417 e. The highest BCUT2D eigenvalue weighted by molar-refractivity contribution is 6.00. The summed E-state index contributed by atoms with van der Waals surface area (Å²) in [4.78, 5) is 28.7. The van der Waals surface area contributed by atoms with Gasteiger partial charge in [0.2, 0.25) is 5.91 Å². The maximum absolute atomic E-state index is 13.4. The van der Waals surface area contributed by atoms with E-state index < -0.39 is 30.2 Å². The molecule has 0 aliphatic heterocycles. The smallest absolute Gasteiger partial charge is 0.417 e. The van der Waals surface area contributed by atoms with Crippen LogP contribution in [0, 0.1) is 13.8 Å². The van der Waals surface area contributed by atoms with Crippen LogP contribution in [0.25, 0.3) is 11.0 Å². The zero-order chi connectivity index (χ0) is 22.2. The van der Waals surface area contributed by atoms with Crippen molar-refractivity contribution in [1.29, 1.82) is 0 Å². The molecule has 3 aromatic heterocycles. The number of nitrogens with zero attached hydrogens (tertiary/aromatic N) is 5. The van der Waals surface area contributed by atoms with Crippen molar-refractivity contribution in [3.05, 3.63) is 34.8 Å². The molecule has 3 aromatic rings. The summed E-state index contributed by atoms with van der Waals surface area (Å²) in [5.41, 5.74) is -0.600. The molecule has 0 bridgehead atoms. The number of hydrogen-bond acceptors (Lipinski definition) is 6. The van der Waals surface area contributed by atoms with Crippen molar-refractivity contribution in [2.24, 2.45) is 7.05 Å². The van der Waals surface area contributed by atoms with Crippen molar-refractivity contribution in [3.8, 4) is 0 Å². The van der Waals surface area contributed by atoms with E-state index in [4.69, 9.17) is 4.74 Å². The van der Waals surface area contributed by atoms with E-state index in [0.29, 0.717) is 0 Å². The van der Waals surface area contributed by atoms with E-state index in [9.17, 15) is 22.8 Å². The molecule has 160 valence electrons. The minimum Gasteiger partial charge on any atom is -0.462 e. The first-order valence-electron chi connectivity index (χ1n) is 8.93. The first kappa shape index (κ1) is 21.3. The zero-order valence-corrected chi connectivity index (χ0v) is 16.7. The lowest BCUT2D eigenvalue weighted by Gasteiger charge is -2.10. The Morgan fingerprint density at radius 2 is 1.97 bits per heavy atom. The number of esters is 1. The molecule has 1 N–H and O–H groups in total. The van der Waals surface area contributed by atoms with Crippen LogP contribution in [0.4, 0.5) is 19.0 Å². The maximum atomic E-state index is 13.4. The molecule has 3 heterocycles. The summed E-state index contributed by atoms with van der Waals surface area (Å²) >= 11 is 0. The van der Waals surface area contributed by atoms with Crippen LogP contribution in [0.3, 0.4) is 0 Å². The fourth-order valence-electron chi connectivity index (χ4n) is 3.06. The SMILES string of the molecule is CCOC(=O)c1cnn(C)c1NC(=O)Cn1nc(C)c2c(C(F)(F)F)cc(C)nc21. The number of rotatable bonds is 5. The second-order valence-electron chi connectivity index (χ2n) is 6.55. The van der Waals surface area contributed by atoms with Crippen molar-refractivity contribution in [1.82, 2.24) is 24.5 Å². The third-order valence-corrected chi connectivity index (χ3v) is 4.30. The van der Waals surface area contributed by atoms with Crippen LogP contribution in [0.5, 0.6) is 0 Å². The zero-order valence-electron chi connectivity index (χ0n) is 16.7. The molecule has 0 atom stereocenters. The number of halogens is 3. The average molecular weight is 424 g/mol. The van der Waals surface area contributed by atoms with Crippen LogP contribution in [0.1, 0.15) is 34.2 Å². The Morgan fingerprint density at radius 1 is 1.27 bits per heavy atom. The van der Waals surface area contributed by atoms with Gasteiger partial charge in [0.1, 0.15) is 17.9 Å². The highest BCUT2D eigenvalue weighted by Gasteiger charge is 2.35. The van der Waals surface area contributed by atoms with E-state index in [1.165, 1.54) is 31.8 Å². The van der Waals surface area contributed by atoms with Crippen molar-refractivity contribution in [2.45, 2.75) is 33.5 Å². The minimum absolute atomic E-state index is 0.0504. The molecule has 0 aliphatic carbocycles. The van der Waals surface area contributed by atoms with Gasteiger partial charge in [-0.05, 0) is 26.8 Å². The van der Waals surface area contributed by atoms with Crippen LogP contribution in [0.15, 0.2) is 12.3 Å². The van der Waals surface area contributed by atoms with Crippen LogP contribution >= 0.6 is 0 Å².